The van der Waals surface area contributed by atoms with E-state index in [-0.39, 0.29) is 0 Å². The zero-order chi connectivity index (χ0) is 14.8. The topological polar surface area (TPSA) is 15.3 Å². The third-order valence-corrected chi connectivity index (χ3v) is 4.73. The van der Waals surface area contributed by atoms with Gasteiger partial charge in [0.05, 0.1) is 0 Å². The predicted octanol–water partition coefficient (Wildman–Crippen LogP) is 4.29. The quantitative estimate of drug-likeness (QED) is 0.889. The normalized spacial score (nSPS) is 15.1. The molecule has 0 saturated carbocycles. The highest BCUT2D eigenvalue weighted by Gasteiger charge is 2.15. The lowest BCUT2D eigenvalue weighted by Gasteiger charge is -2.16. The van der Waals surface area contributed by atoms with Crippen molar-refractivity contribution in [3.05, 3.63) is 63.6 Å². The summed E-state index contributed by atoms with van der Waals surface area (Å²) in [6.07, 6.45) is 1.17. The van der Waals surface area contributed by atoms with Crippen molar-refractivity contribution in [1.82, 2.24) is 5.32 Å². The van der Waals surface area contributed by atoms with Gasteiger partial charge in [-0.25, -0.2) is 0 Å². The van der Waals surface area contributed by atoms with E-state index in [0.717, 1.165) is 17.6 Å². The molecule has 3 heteroatoms. The number of fused-ring (bicyclic) bond motifs is 1. The molecule has 2 nitrogen and oxygen atoms in total. The van der Waals surface area contributed by atoms with Gasteiger partial charge in [-0.3, -0.25) is 0 Å². The molecular weight excluding hydrogens is 324 g/mol. The van der Waals surface area contributed by atoms with Crippen LogP contribution in [-0.2, 0) is 13.0 Å². The molecule has 21 heavy (non-hydrogen) atoms. The Hall–Kier alpha value is -1.32. The van der Waals surface area contributed by atoms with E-state index in [0.29, 0.717) is 6.04 Å². The van der Waals surface area contributed by atoms with Crippen LogP contribution in [0.1, 0.15) is 29.7 Å². The Kier molecular flexibility index (Phi) is 4.32. The Labute approximate surface area is 135 Å². The standard InChI is InChI=1S/C18H21BrN2/c1-13(15-4-3-5-17(19)11-15)20-12-14-6-7-18-16(10-14)8-9-21(18)2/h3-7,10-11,13,20H,8-9,12H2,1-2H3. The first-order chi connectivity index (χ1) is 10.1. The molecule has 1 aliphatic rings. The molecule has 0 radical (unpaired) electrons. The van der Waals surface area contributed by atoms with Crippen LogP contribution < -0.4 is 10.2 Å². The van der Waals surface area contributed by atoms with Crippen LogP contribution in [-0.4, -0.2) is 13.6 Å². The number of hydrogen-bond donors (Lipinski definition) is 1. The second kappa shape index (κ2) is 6.20. The first-order valence-electron chi connectivity index (χ1n) is 7.45. The highest BCUT2D eigenvalue weighted by molar-refractivity contribution is 9.10. The maximum absolute atomic E-state index is 3.61. The fourth-order valence-corrected chi connectivity index (χ4v) is 3.31. The van der Waals surface area contributed by atoms with Crippen molar-refractivity contribution in [1.29, 1.82) is 0 Å². The second-order valence-electron chi connectivity index (χ2n) is 5.79. The summed E-state index contributed by atoms with van der Waals surface area (Å²) in [5, 5.41) is 3.61. The molecule has 0 aromatic heterocycles. The van der Waals surface area contributed by atoms with Gasteiger partial charge < -0.3 is 10.2 Å². The molecule has 3 rings (SSSR count). The van der Waals surface area contributed by atoms with Crippen LogP contribution >= 0.6 is 15.9 Å². The van der Waals surface area contributed by atoms with Crippen molar-refractivity contribution in [2.45, 2.75) is 25.9 Å². The summed E-state index contributed by atoms with van der Waals surface area (Å²) >= 11 is 3.53. The third kappa shape index (κ3) is 3.30. The van der Waals surface area contributed by atoms with Crippen molar-refractivity contribution < 1.29 is 0 Å². The number of nitrogens with one attached hydrogen (secondary N) is 1. The van der Waals surface area contributed by atoms with E-state index in [1.165, 1.54) is 28.8 Å². The van der Waals surface area contributed by atoms with Crippen molar-refractivity contribution in [3.63, 3.8) is 0 Å². The van der Waals surface area contributed by atoms with Crippen LogP contribution in [0.2, 0.25) is 0 Å². The Morgan fingerprint density at radius 1 is 1.24 bits per heavy atom. The molecule has 0 spiro atoms. The lowest BCUT2D eigenvalue weighted by molar-refractivity contribution is 0.574. The fraction of sp³-hybridized carbons (Fsp3) is 0.333. The molecule has 110 valence electrons. The van der Waals surface area contributed by atoms with Gasteiger partial charge in [0.15, 0.2) is 0 Å². The van der Waals surface area contributed by atoms with E-state index in [4.69, 9.17) is 0 Å². The fourth-order valence-electron chi connectivity index (χ4n) is 2.89. The van der Waals surface area contributed by atoms with E-state index in [9.17, 15) is 0 Å². The maximum Gasteiger partial charge on any atom is 0.0397 e. The molecule has 1 unspecified atom stereocenters. The molecule has 1 atom stereocenters. The average molecular weight is 345 g/mol. The number of rotatable bonds is 4. The molecule has 2 aromatic rings. The van der Waals surface area contributed by atoms with E-state index < -0.39 is 0 Å². The Morgan fingerprint density at radius 3 is 2.90 bits per heavy atom. The van der Waals surface area contributed by atoms with E-state index >= 15 is 0 Å². The van der Waals surface area contributed by atoms with Gasteiger partial charge in [-0.15, -0.1) is 0 Å². The molecule has 0 fully saturated rings. The Bertz CT molecular complexity index is 639. The Morgan fingerprint density at radius 2 is 2.10 bits per heavy atom. The van der Waals surface area contributed by atoms with Crippen molar-refractivity contribution in [3.8, 4) is 0 Å². The number of halogens is 1. The molecule has 0 bridgehead atoms. The van der Waals surface area contributed by atoms with Crippen molar-refractivity contribution in [2.24, 2.45) is 0 Å². The molecular formula is C18H21BrN2. The number of hydrogen-bond acceptors (Lipinski definition) is 2. The van der Waals surface area contributed by atoms with E-state index in [2.05, 4.69) is 82.6 Å². The largest absolute Gasteiger partial charge is 0.374 e. The smallest absolute Gasteiger partial charge is 0.0397 e. The maximum atomic E-state index is 3.61. The van der Waals surface area contributed by atoms with Gasteiger partial charge in [0.25, 0.3) is 0 Å². The molecule has 1 N–H and O–H groups in total. The van der Waals surface area contributed by atoms with Crippen molar-refractivity contribution >= 4 is 21.6 Å². The number of anilines is 1. The molecule has 1 heterocycles. The summed E-state index contributed by atoms with van der Waals surface area (Å²) < 4.78 is 1.13. The third-order valence-electron chi connectivity index (χ3n) is 4.23. The zero-order valence-corrected chi connectivity index (χ0v) is 14.2. The highest BCUT2D eigenvalue weighted by atomic mass is 79.9. The molecule has 0 saturated heterocycles. The minimum absolute atomic E-state index is 0.346. The second-order valence-corrected chi connectivity index (χ2v) is 6.71. The Balaban J connectivity index is 1.65. The van der Waals surface area contributed by atoms with Crippen LogP contribution in [0, 0.1) is 0 Å². The first-order valence-corrected chi connectivity index (χ1v) is 8.24. The van der Waals surface area contributed by atoms with Gasteiger partial charge in [-0.2, -0.15) is 0 Å². The lowest BCUT2D eigenvalue weighted by atomic mass is 10.1. The van der Waals surface area contributed by atoms with Gasteiger partial charge in [0.2, 0.25) is 0 Å². The number of nitrogens with zero attached hydrogens (tertiary/aromatic N) is 1. The summed E-state index contributed by atoms with van der Waals surface area (Å²) in [5.41, 5.74) is 5.54. The molecule has 0 amide bonds. The van der Waals surface area contributed by atoms with Crippen molar-refractivity contribution in [2.75, 3.05) is 18.5 Å². The van der Waals surface area contributed by atoms with Gasteiger partial charge in [0.1, 0.15) is 0 Å². The molecule has 0 aliphatic carbocycles. The van der Waals surface area contributed by atoms with E-state index in [1.807, 2.05) is 0 Å². The summed E-state index contributed by atoms with van der Waals surface area (Å²) in [4.78, 5) is 2.33. The van der Waals surface area contributed by atoms with Gasteiger partial charge in [0, 0.05) is 36.3 Å². The lowest BCUT2D eigenvalue weighted by Crippen LogP contribution is -2.18. The molecule has 2 aromatic carbocycles. The minimum Gasteiger partial charge on any atom is -0.374 e. The highest BCUT2D eigenvalue weighted by Crippen LogP contribution is 2.27. The van der Waals surface area contributed by atoms with Crippen LogP contribution in [0.5, 0.6) is 0 Å². The monoisotopic (exact) mass is 344 g/mol. The summed E-state index contributed by atoms with van der Waals surface area (Å²) in [6, 6.07) is 15.7. The van der Waals surface area contributed by atoms with Crippen LogP contribution in [0.25, 0.3) is 0 Å². The average Bonchev–Trinajstić information content (AvgIpc) is 2.86. The summed E-state index contributed by atoms with van der Waals surface area (Å²) in [6.45, 7) is 4.26. The van der Waals surface area contributed by atoms with Gasteiger partial charge in [-0.1, -0.05) is 40.2 Å². The SMILES string of the molecule is CC(NCc1ccc2c(c1)CCN2C)c1cccc(Br)c1. The summed E-state index contributed by atoms with van der Waals surface area (Å²) in [5.74, 6) is 0. The van der Waals surface area contributed by atoms with Gasteiger partial charge >= 0.3 is 0 Å². The molecule has 1 aliphatic heterocycles. The first kappa shape index (κ1) is 14.6. The van der Waals surface area contributed by atoms with Crippen LogP contribution in [0.15, 0.2) is 46.9 Å². The zero-order valence-electron chi connectivity index (χ0n) is 12.6. The predicted molar refractivity (Wildman–Crippen MR) is 92.8 cm³/mol. The summed E-state index contributed by atoms with van der Waals surface area (Å²) in [7, 11) is 2.17. The van der Waals surface area contributed by atoms with Crippen LogP contribution in [0.4, 0.5) is 5.69 Å². The van der Waals surface area contributed by atoms with E-state index in [1.54, 1.807) is 0 Å². The minimum atomic E-state index is 0.346. The van der Waals surface area contributed by atoms with Crippen LogP contribution in [0.3, 0.4) is 0 Å². The number of likely N-dealkylation sites (N-methyl/N-ethyl adjacent to an activating group) is 1. The number of benzene rings is 2. The van der Waals surface area contributed by atoms with Gasteiger partial charge in [-0.05, 0) is 48.2 Å².